The summed E-state index contributed by atoms with van der Waals surface area (Å²) in [7, 11) is 1.86. The molecular formula is C14H16ClIN4. The van der Waals surface area contributed by atoms with Gasteiger partial charge in [-0.3, -0.25) is 0 Å². The Labute approximate surface area is 137 Å². The number of nitrogens with zero attached hydrogens (tertiary/aromatic N) is 2. The first-order valence-corrected chi connectivity index (χ1v) is 7.78. The van der Waals surface area contributed by atoms with E-state index in [0.717, 1.165) is 38.7 Å². The third-order valence-electron chi connectivity index (χ3n) is 2.93. The highest BCUT2D eigenvalue weighted by molar-refractivity contribution is 14.1. The number of rotatable bonds is 4. The van der Waals surface area contributed by atoms with Crippen LogP contribution in [-0.2, 0) is 6.42 Å². The number of anilines is 3. The van der Waals surface area contributed by atoms with Crippen LogP contribution >= 0.6 is 34.2 Å². The van der Waals surface area contributed by atoms with Crippen molar-refractivity contribution in [3.8, 4) is 0 Å². The molecule has 0 aliphatic carbocycles. The average Bonchev–Trinajstić information content (AvgIpc) is 2.43. The largest absolute Gasteiger partial charge is 0.373 e. The highest BCUT2D eigenvalue weighted by Crippen LogP contribution is 2.29. The molecule has 1 heterocycles. The van der Waals surface area contributed by atoms with Crippen LogP contribution in [0.2, 0.25) is 5.02 Å². The maximum atomic E-state index is 6.25. The van der Waals surface area contributed by atoms with Crippen LogP contribution in [0.5, 0.6) is 0 Å². The third-order valence-corrected chi connectivity index (χ3v) is 3.91. The van der Waals surface area contributed by atoms with E-state index in [1.165, 1.54) is 0 Å². The summed E-state index contributed by atoms with van der Waals surface area (Å²) in [6, 6.07) is 5.88. The summed E-state index contributed by atoms with van der Waals surface area (Å²) in [6.45, 7) is 4.01. The molecule has 20 heavy (non-hydrogen) atoms. The van der Waals surface area contributed by atoms with Crippen LogP contribution in [-0.4, -0.2) is 17.0 Å². The maximum Gasteiger partial charge on any atom is 0.139 e. The molecule has 0 fully saturated rings. The van der Waals surface area contributed by atoms with Crippen LogP contribution in [0.4, 0.5) is 17.3 Å². The smallest absolute Gasteiger partial charge is 0.139 e. The molecule has 1 aromatic carbocycles. The van der Waals surface area contributed by atoms with Crippen molar-refractivity contribution in [3.63, 3.8) is 0 Å². The lowest BCUT2D eigenvalue weighted by Crippen LogP contribution is -2.07. The predicted molar refractivity (Wildman–Crippen MR) is 93.1 cm³/mol. The van der Waals surface area contributed by atoms with Crippen LogP contribution in [0.1, 0.15) is 18.3 Å². The number of hydrogen-bond acceptors (Lipinski definition) is 4. The van der Waals surface area contributed by atoms with Gasteiger partial charge in [0.05, 0.1) is 10.7 Å². The lowest BCUT2D eigenvalue weighted by molar-refractivity contribution is 0.935. The molecule has 6 heteroatoms. The van der Waals surface area contributed by atoms with E-state index < -0.39 is 0 Å². The van der Waals surface area contributed by atoms with Crippen LogP contribution in [0.25, 0.3) is 0 Å². The highest BCUT2D eigenvalue weighted by Gasteiger charge is 2.11. The van der Waals surface area contributed by atoms with Crippen molar-refractivity contribution in [2.24, 2.45) is 0 Å². The number of halogens is 2. The second kappa shape index (κ2) is 6.58. The molecule has 0 radical (unpaired) electrons. The first-order chi connectivity index (χ1) is 9.55. The van der Waals surface area contributed by atoms with E-state index in [1.807, 2.05) is 39.1 Å². The summed E-state index contributed by atoms with van der Waals surface area (Å²) >= 11 is 8.49. The molecule has 0 saturated heterocycles. The average molecular weight is 403 g/mol. The Hall–Kier alpha value is -1.08. The standard InChI is InChI=1S/C14H16ClIN4/c1-4-12-19-13(17-3)8(2)14(20-12)18-11-6-5-9(16)7-10(11)15/h5-7H,4H2,1-3H3,(H2,17,18,19,20). The summed E-state index contributed by atoms with van der Waals surface area (Å²) in [5.74, 6) is 2.41. The quantitative estimate of drug-likeness (QED) is 0.745. The molecule has 1 aromatic heterocycles. The number of hydrogen-bond donors (Lipinski definition) is 2. The second-order valence-corrected chi connectivity index (χ2v) is 5.97. The molecule has 0 amide bonds. The van der Waals surface area contributed by atoms with Crippen LogP contribution in [0.15, 0.2) is 18.2 Å². The van der Waals surface area contributed by atoms with E-state index in [1.54, 1.807) is 0 Å². The van der Waals surface area contributed by atoms with Gasteiger partial charge in [-0.25, -0.2) is 9.97 Å². The minimum absolute atomic E-state index is 0.680. The first-order valence-electron chi connectivity index (χ1n) is 6.32. The lowest BCUT2D eigenvalue weighted by Gasteiger charge is -2.14. The SMILES string of the molecule is CCc1nc(NC)c(C)c(Nc2ccc(I)cc2Cl)n1. The molecule has 2 N–H and O–H groups in total. The second-order valence-electron chi connectivity index (χ2n) is 4.31. The van der Waals surface area contributed by atoms with Crippen molar-refractivity contribution < 1.29 is 0 Å². The minimum atomic E-state index is 0.680. The Morgan fingerprint density at radius 1 is 1.25 bits per heavy atom. The van der Waals surface area contributed by atoms with Crippen molar-refractivity contribution in [1.29, 1.82) is 0 Å². The van der Waals surface area contributed by atoms with E-state index in [4.69, 9.17) is 11.6 Å². The van der Waals surface area contributed by atoms with Gasteiger partial charge in [0.2, 0.25) is 0 Å². The molecular weight excluding hydrogens is 387 g/mol. The van der Waals surface area contributed by atoms with Gasteiger partial charge >= 0.3 is 0 Å². The Morgan fingerprint density at radius 2 is 1.95 bits per heavy atom. The van der Waals surface area contributed by atoms with Crippen molar-refractivity contribution in [2.75, 3.05) is 17.7 Å². The monoisotopic (exact) mass is 402 g/mol. The fraction of sp³-hybridized carbons (Fsp3) is 0.286. The van der Waals surface area contributed by atoms with Crippen molar-refractivity contribution in [2.45, 2.75) is 20.3 Å². The van der Waals surface area contributed by atoms with Crippen molar-refractivity contribution in [1.82, 2.24) is 9.97 Å². The van der Waals surface area contributed by atoms with Crippen molar-refractivity contribution in [3.05, 3.63) is 38.2 Å². The summed E-state index contributed by atoms with van der Waals surface area (Å²) in [5.41, 5.74) is 1.82. The van der Waals surface area contributed by atoms with E-state index in [9.17, 15) is 0 Å². The summed E-state index contributed by atoms with van der Waals surface area (Å²) in [5, 5.41) is 7.06. The molecule has 0 aliphatic rings. The molecule has 0 aliphatic heterocycles. The molecule has 106 valence electrons. The summed E-state index contributed by atoms with van der Waals surface area (Å²) in [6.07, 6.45) is 0.782. The summed E-state index contributed by atoms with van der Waals surface area (Å²) < 4.78 is 1.10. The Kier molecular flexibility index (Phi) is 5.04. The minimum Gasteiger partial charge on any atom is -0.373 e. The zero-order valence-electron chi connectivity index (χ0n) is 11.6. The zero-order chi connectivity index (χ0) is 14.7. The van der Waals surface area contributed by atoms with Gasteiger partial charge in [0.1, 0.15) is 17.5 Å². The Bertz CT molecular complexity index is 631. The Morgan fingerprint density at radius 3 is 2.55 bits per heavy atom. The molecule has 2 rings (SSSR count). The molecule has 0 saturated carbocycles. The number of aryl methyl sites for hydroxylation is 1. The third kappa shape index (κ3) is 3.32. The van der Waals surface area contributed by atoms with E-state index >= 15 is 0 Å². The molecule has 0 bridgehead atoms. The maximum absolute atomic E-state index is 6.25. The van der Waals surface area contributed by atoms with Gasteiger partial charge in [-0.05, 0) is 47.7 Å². The molecule has 0 unspecified atom stereocenters. The Balaban J connectivity index is 2.42. The van der Waals surface area contributed by atoms with Gasteiger partial charge < -0.3 is 10.6 Å². The highest BCUT2D eigenvalue weighted by atomic mass is 127. The van der Waals surface area contributed by atoms with E-state index in [0.29, 0.717) is 5.02 Å². The number of benzene rings is 1. The van der Waals surface area contributed by atoms with Gasteiger partial charge in [0.25, 0.3) is 0 Å². The molecule has 4 nitrogen and oxygen atoms in total. The number of aromatic nitrogens is 2. The van der Waals surface area contributed by atoms with Gasteiger partial charge in [0, 0.05) is 22.6 Å². The van der Waals surface area contributed by atoms with Crippen LogP contribution < -0.4 is 10.6 Å². The van der Waals surface area contributed by atoms with Gasteiger partial charge in [-0.2, -0.15) is 0 Å². The number of nitrogens with one attached hydrogen (secondary N) is 2. The topological polar surface area (TPSA) is 49.8 Å². The van der Waals surface area contributed by atoms with Gasteiger partial charge in [-0.15, -0.1) is 0 Å². The van der Waals surface area contributed by atoms with E-state index in [-0.39, 0.29) is 0 Å². The lowest BCUT2D eigenvalue weighted by atomic mass is 10.2. The molecule has 0 atom stereocenters. The fourth-order valence-corrected chi connectivity index (χ4v) is 2.71. The van der Waals surface area contributed by atoms with Gasteiger partial charge in [0.15, 0.2) is 0 Å². The van der Waals surface area contributed by atoms with Crippen molar-refractivity contribution >= 4 is 51.5 Å². The predicted octanol–water partition coefficient (Wildman–Crippen LogP) is 4.39. The van der Waals surface area contributed by atoms with E-state index in [2.05, 4.69) is 43.2 Å². The van der Waals surface area contributed by atoms with Crippen LogP contribution in [0.3, 0.4) is 0 Å². The molecule has 2 aromatic rings. The summed E-state index contributed by atoms with van der Waals surface area (Å²) in [4.78, 5) is 8.99. The van der Waals surface area contributed by atoms with Crippen LogP contribution in [0, 0.1) is 10.5 Å². The first kappa shape index (κ1) is 15.3. The fourth-order valence-electron chi connectivity index (χ4n) is 1.80. The molecule has 0 spiro atoms. The van der Waals surface area contributed by atoms with Gasteiger partial charge in [-0.1, -0.05) is 18.5 Å². The zero-order valence-corrected chi connectivity index (χ0v) is 14.5. The normalized spacial score (nSPS) is 10.4.